The quantitative estimate of drug-likeness (QED) is 0.845. The molecule has 0 aliphatic heterocycles. The lowest BCUT2D eigenvalue weighted by Crippen LogP contribution is -2.57. The van der Waals surface area contributed by atoms with Crippen LogP contribution in [0.3, 0.4) is 0 Å². The summed E-state index contributed by atoms with van der Waals surface area (Å²) < 4.78 is 0. The number of nitrogens with one attached hydrogen (secondary N) is 2. The number of hydrogen-bond donors (Lipinski definition) is 2. The van der Waals surface area contributed by atoms with Crippen LogP contribution in [0.2, 0.25) is 5.02 Å². The molecule has 122 valence electrons. The third kappa shape index (κ3) is 3.45. The van der Waals surface area contributed by atoms with Gasteiger partial charge in [0.15, 0.2) is 0 Å². The molecule has 0 amide bonds. The summed E-state index contributed by atoms with van der Waals surface area (Å²) in [6.45, 7) is 0.888. The van der Waals surface area contributed by atoms with Crippen LogP contribution < -0.4 is 10.6 Å². The summed E-state index contributed by atoms with van der Waals surface area (Å²) in [7, 11) is 2.06. The van der Waals surface area contributed by atoms with Gasteiger partial charge < -0.3 is 10.6 Å². The van der Waals surface area contributed by atoms with Gasteiger partial charge in [-0.15, -0.1) is 0 Å². The van der Waals surface area contributed by atoms with E-state index in [2.05, 4.69) is 60.1 Å². The molecule has 1 saturated carbocycles. The van der Waals surface area contributed by atoms with Crippen molar-refractivity contribution in [1.82, 2.24) is 10.6 Å². The molecule has 3 heteroatoms. The molecule has 2 N–H and O–H groups in total. The molecule has 0 saturated heterocycles. The number of likely N-dealkylation sites (N-methyl/N-ethyl adjacent to an activating group) is 1. The first-order valence-corrected chi connectivity index (χ1v) is 8.85. The number of rotatable bonds is 5. The summed E-state index contributed by atoms with van der Waals surface area (Å²) in [4.78, 5) is 0. The van der Waals surface area contributed by atoms with Crippen molar-refractivity contribution in [3.8, 4) is 0 Å². The van der Waals surface area contributed by atoms with E-state index in [1.807, 2.05) is 12.1 Å². The van der Waals surface area contributed by atoms with Gasteiger partial charge in [-0.3, -0.25) is 0 Å². The molecular weight excluding hydrogens is 304 g/mol. The molecule has 1 aliphatic carbocycles. The van der Waals surface area contributed by atoms with Gasteiger partial charge in [-0.1, -0.05) is 73.0 Å². The lowest BCUT2D eigenvalue weighted by Gasteiger charge is -2.45. The standard InChI is InChI=1S/C20H25ClN2/c1-22-20(17-11-5-6-12-18(17)21)14-8-7-13-19(20)23-15-16-9-3-2-4-10-16/h2-6,9-12,19,22-23H,7-8,13-15H2,1H3/t19-,20-/m1/s1. The van der Waals surface area contributed by atoms with Gasteiger partial charge >= 0.3 is 0 Å². The third-order valence-corrected chi connectivity index (χ3v) is 5.43. The van der Waals surface area contributed by atoms with E-state index in [-0.39, 0.29) is 5.54 Å². The van der Waals surface area contributed by atoms with Gasteiger partial charge in [0.25, 0.3) is 0 Å². The lowest BCUT2D eigenvalue weighted by molar-refractivity contribution is 0.177. The lowest BCUT2D eigenvalue weighted by atomic mass is 9.72. The second-order valence-corrected chi connectivity index (χ2v) is 6.77. The molecule has 0 heterocycles. The van der Waals surface area contributed by atoms with Crippen molar-refractivity contribution in [1.29, 1.82) is 0 Å². The molecule has 2 atom stereocenters. The maximum absolute atomic E-state index is 6.54. The molecule has 3 rings (SSSR count). The summed E-state index contributed by atoms with van der Waals surface area (Å²) in [6, 6.07) is 19.2. The van der Waals surface area contributed by atoms with Crippen molar-refractivity contribution in [2.24, 2.45) is 0 Å². The molecular formula is C20H25ClN2. The van der Waals surface area contributed by atoms with Gasteiger partial charge in [0.05, 0.1) is 5.54 Å². The minimum atomic E-state index is -0.0919. The molecule has 2 nitrogen and oxygen atoms in total. The summed E-state index contributed by atoms with van der Waals surface area (Å²) in [5.41, 5.74) is 2.45. The van der Waals surface area contributed by atoms with E-state index in [1.165, 1.54) is 30.4 Å². The smallest absolute Gasteiger partial charge is 0.0602 e. The highest BCUT2D eigenvalue weighted by atomic mass is 35.5. The minimum absolute atomic E-state index is 0.0919. The number of benzene rings is 2. The zero-order chi connectivity index (χ0) is 16.1. The van der Waals surface area contributed by atoms with E-state index < -0.39 is 0 Å². The van der Waals surface area contributed by atoms with Crippen LogP contribution in [0.1, 0.15) is 36.8 Å². The Hall–Kier alpha value is -1.35. The van der Waals surface area contributed by atoms with E-state index in [1.54, 1.807) is 0 Å². The fourth-order valence-electron chi connectivity index (χ4n) is 3.87. The fourth-order valence-corrected chi connectivity index (χ4v) is 4.17. The Kier molecular flexibility index (Phi) is 5.37. The SMILES string of the molecule is CN[C@@]1(c2ccccc2Cl)CCCC[C@H]1NCc1ccccc1. The Balaban J connectivity index is 1.85. The van der Waals surface area contributed by atoms with Crippen LogP contribution in [0.4, 0.5) is 0 Å². The number of halogens is 1. The second-order valence-electron chi connectivity index (χ2n) is 6.37. The van der Waals surface area contributed by atoms with Gasteiger partial charge in [-0.2, -0.15) is 0 Å². The van der Waals surface area contributed by atoms with Crippen LogP contribution in [-0.2, 0) is 12.1 Å². The molecule has 0 radical (unpaired) electrons. The molecule has 23 heavy (non-hydrogen) atoms. The topological polar surface area (TPSA) is 24.1 Å². The number of hydrogen-bond acceptors (Lipinski definition) is 2. The van der Waals surface area contributed by atoms with Crippen molar-refractivity contribution in [2.45, 2.75) is 43.8 Å². The first kappa shape index (κ1) is 16.5. The zero-order valence-corrected chi connectivity index (χ0v) is 14.4. The van der Waals surface area contributed by atoms with Crippen LogP contribution in [-0.4, -0.2) is 13.1 Å². The average Bonchev–Trinajstić information content (AvgIpc) is 2.61. The third-order valence-electron chi connectivity index (χ3n) is 5.10. The van der Waals surface area contributed by atoms with E-state index in [0.717, 1.165) is 18.0 Å². The minimum Gasteiger partial charge on any atom is -0.309 e. The predicted molar refractivity (Wildman–Crippen MR) is 97.7 cm³/mol. The Morgan fingerprint density at radius 3 is 2.52 bits per heavy atom. The van der Waals surface area contributed by atoms with Crippen LogP contribution in [0.5, 0.6) is 0 Å². The largest absolute Gasteiger partial charge is 0.309 e. The molecule has 0 aromatic heterocycles. The highest BCUT2D eigenvalue weighted by molar-refractivity contribution is 6.31. The highest BCUT2D eigenvalue weighted by Crippen LogP contribution is 2.40. The summed E-state index contributed by atoms with van der Waals surface area (Å²) in [6.07, 6.45) is 4.77. The molecule has 2 aromatic rings. The Labute approximate surface area is 144 Å². The highest BCUT2D eigenvalue weighted by Gasteiger charge is 2.41. The van der Waals surface area contributed by atoms with E-state index >= 15 is 0 Å². The Bertz CT molecular complexity index is 629. The van der Waals surface area contributed by atoms with E-state index in [4.69, 9.17) is 11.6 Å². The molecule has 1 aliphatic rings. The van der Waals surface area contributed by atoms with Gasteiger partial charge in [0.1, 0.15) is 0 Å². The molecule has 2 aromatic carbocycles. The first-order valence-electron chi connectivity index (χ1n) is 8.47. The monoisotopic (exact) mass is 328 g/mol. The van der Waals surface area contributed by atoms with Crippen molar-refractivity contribution >= 4 is 11.6 Å². The molecule has 0 bridgehead atoms. The van der Waals surface area contributed by atoms with Crippen LogP contribution in [0.15, 0.2) is 54.6 Å². The van der Waals surface area contributed by atoms with Gasteiger partial charge in [-0.25, -0.2) is 0 Å². The second kappa shape index (κ2) is 7.48. The Morgan fingerprint density at radius 2 is 1.78 bits per heavy atom. The normalized spacial score (nSPS) is 24.5. The average molecular weight is 329 g/mol. The van der Waals surface area contributed by atoms with Crippen molar-refractivity contribution in [3.05, 3.63) is 70.7 Å². The Morgan fingerprint density at radius 1 is 1.04 bits per heavy atom. The van der Waals surface area contributed by atoms with Crippen molar-refractivity contribution < 1.29 is 0 Å². The van der Waals surface area contributed by atoms with Gasteiger partial charge in [0, 0.05) is 17.6 Å². The summed E-state index contributed by atoms with van der Waals surface area (Å²) in [5.74, 6) is 0. The van der Waals surface area contributed by atoms with Crippen LogP contribution >= 0.6 is 11.6 Å². The maximum Gasteiger partial charge on any atom is 0.0602 e. The van der Waals surface area contributed by atoms with Crippen molar-refractivity contribution in [2.75, 3.05) is 7.05 Å². The van der Waals surface area contributed by atoms with Gasteiger partial charge in [0.2, 0.25) is 0 Å². The molecule has 1 fully saturated rings. The molecule has 0 unspecified atom stereocenters. The predicted octanol–water partition coefficient (Wildman–Crippen LogP) is 4.49. The molecule has 0 spiro atoms. The van der Waals surface area contributed by atoms with Crippen molar-refractivity contribution in [3.63, 3.8) is 0 Å². The van der Waals surface area contributed by atoms with Gasteiger partial charge in [-0.05, 0) is 37.1 Å². The first-order chi connectivity index (χ1) is 11.3. The zero-order valence-electron chi connectivity index (χ0n) is 13.7. The van der Waals surface area contributed by atoms with E-state index in [0.29, 0.717) is 6.04 Å². The van der Waals surface area contributed by atoms with E-state index in [9.17, 15) is 0 Å². The maximum atomic E-state index is 6.54. The fraction of sp³-hybridized carbons (Fsp3) is 0.400. The van der Waals surface area contributed by atoms with Crippen LogP contribution in [0, 0.1) is 0 Å². The van der Waals surface area contributed by atoms with Crippen LogP contribution in [0.25, 0.3) is 0 Å². The summed E-state index contributed by atoms with van der Waals surface area (Å²) in [5, 5.41) is 8.25. The summed E-state index contributed by atoms with van der Waals surface area (Å²) >= 11 is 6.54.